The Morgan fingerprint density at radius 1 is 1.43 bits per heavy atom. The summed E-state index contributed by atoms with van der Waals surface area (Å²) in [7, 11) is 0. The topological polar surface area (TPSA) is 46.9 Å². The summed E-state index contributed by atoms with van der Waals surface area (Å²) in [6, 6.07) is 8.22. The molecular weight excluding hydrogens is 286 g/mol. The number of hydrogen-bond donors (Lipinski definition) is 1. The third kappa shape index (κ3) is 3.73. The number of rotatable bonds is 6. The van der Waals surface area contributed by atoms with E-state index in [0.717, 1.165) is 6.42 Å². The van der Waals surface area contributed by atoms with Gasteiger partial charge in [-0.05, 0) is 24.5 Å². The van der Waals surface area contributed by atoms with Gasteiger partial charge in [0, 0.05) is 6.54 Å². The Labute approximate surface area is 129 Å². The van der Waals surface area contributed by atoms with Gasteiger partial charge in [-0.15, -0.1) is 6.58 Å². The third-order valence-corrected chi connectivity index (χ3v) is 3.62. The molecule has 21 heavy (non-hydrogen) atoms. The normalized spacial score (nSPS) is 10.4. The van der Waals surface area contributed by atoms with E-state index in [1.165, 1.54) is 15.8 Å². The summed E-state index contributed by atoms with van der Waals surface area (Å²) in [4.78, 5) is 11.9. The van der Waals surface area contributed by atoms with Crippen LogP contribution in [0, 0.1) is 6.92 Å². The van der Waals surface area contributed by atoms with E-state index in [4.69, 9.17) is 11.6 Å². The maximum absolute atomic E-state index is 11.9. The van der Waals surface area contributed by atoms with Gasteiger partial charge < -0.3 is 5.32 Å². The van der Waals surface area contributed by atoms with E-state index >= 15 is 0 Å². The molecule has 1 aromatic carbocycles. The summed E-state index contributed by atoms with van der Waals surface area (Å²) in [6.45, 7) is 6.71. The molecule has 2 rings (SSSR count). The first kappa shape index (κ1) is 15.3. The standard InChI is InChI=1S/C16H18ClN3O/c1-3-10-20-16(21)15(17)14(11-19-20)18-9-8-13-7-5-4-6-12(13)2/h3-7,11,18H,1,8-10H2,2H3. The molecule has 0 aliphatic heterocycles. The second-order valence-electron chi connectivity index (χ2n) is 4.75. The van der Waals surface area contributed by atoms with Crippen LogP contribution >= 0.6 is 11.6 Å². The molecule has 0 spiro atoms. The molecule has 2 aromatic rings. The van der Waals surface area contributed by atoms with Crippen LogP contribution in [0.2, 0.25) is 5.02 Å². The van der Waals surface area contributed by atoms with Crippen molar-refractivity contribution in [3.8, 4) is 0 Å². The molecular formula is C16H18ClN3O. The fraction of sp³-hybridized carbons (Fsp3) is 0.250. The van der Waals surface area contributed by atoms with Crippen molar-refractivity contribution < 1.29 is 0 Å². The highest BCUT2D eigenvalue weighted by Gasteiger charge is 2.08. The highest BCUT2D eigenvalue weighted by Crippen LogP contribution is 2.15. The molecule has 4 nitrogen and oxygen atoms in total. The van der Waals surface area contributed by atoms with Crippen molar-refractivity contribution in [2.24, 2.45) is 0 Å². The number of anilines is 1. The van der Waals surface area contributed by atoms with Gasteiger partial charge in [-0.1, -0.05) is 41.9 Å². The molecule has 0 fully saturated rings. The molecule has 110 valence electrons. The quantitative estimate of drug-likeness (QED) is 0.834. The molecule has 1 aromatic heterocycles. The lowest BCUT2D eigenvalue weighted by molar-refractivity contribution is 0.653. The van der Waals surface area contributed by atoms with Gasteiger partial charge >= 0.3 is 0 Å². The fourth-order valence-electron chi connectivity index (χ4n) is 2.06. The lowest BCUT2D eigenvalue weighted by Crippen LogP contribution is -2.24. The molecule has 0 aliphatic rings. The minimum Gasteiger partial charge on any atom is -0.382 e. The number of benzene rings is 1. The molecule has 5 heteroatoms. The lowest BCUT2D eigenvalue weighted by atomic mass is 10.1. The minimum atomic E-state index is -0.308. The van der Waals surface area contributed by atoms with Crippen LogP contribution in [0.3, 0.4) is 0 Å². The van der Waals surface area contributed by atoms with E-state index in [-0.39, 0.29) is 10.6 Å². The first-order valence-electron chi connectivity index (χ1n) is 6.78. The number of hydrogen-bond acceptors (Lipinski definition) is 3. The number of nitrogens with one attached hydrogen (secondary N) is 1. The van der Waals surface area contributed by atoms with Crippen molar-refractivity contribution in [2.75, 3.05) is 11.9 Å². The lowest BCUT2D eigenvalue weighted by Gasteiger charge is -2.10. The van der Waals surface area contributed by atoms with Crippen molar-refractivity contribution in [1.82, 2.24) is 9.78 Å². The zero-order valence-corrected chi connectivity index (χ0v) is 12.7. The summed E-state index contributed by atoms with van der Waals surface area (Å²) >= 11 is 6.08. The van der Waals surface area contributed by atoms with Crippen LogP contribution in [-0.2, 0) is 13.0 Å². The number of nitrogens with zero attached hydrogens (tertiary/aromatic N) is 2. The highest BCUT2D eigenvalue weighted by atomic mass is 35.5. The summed E-state index contributed by atoms with van der Waals surface area (Å²) < 4.78 is 1.28. The Hall–Kier alpha value is -2.07. The molecule has 0 bridgehead atoms. The predicted octanol–water partition coefficient (Wildman–Crippen LogP) is 3.05. The van der Waals surface area contributed by atoms with Crippen LogP contribution in [0.25, 0.3) is 0 Å². The van der Waals surface area contributed by atoms with Gasteiger partial charge in [-0.2, -0.15) is 5.10 Å². The van der Waals surface area contributed by atoms with Gasteiger partial charge in [0.25, 0.3) is 5.56 Å². The Morgan fingerprint density at radius 3 is 2.90 bits per heavy atom. The van der Waals surface area contributed by atoms with Crippen LogP contribution < -0.4 is 10.9 Å². The molecule has 0 radical (unpaired) electrons. The molecule has 0 saturated heterocycles. The van der Waals surface area contributed by atoms with Crippen molar-refractivity contribution in [3.05, 3.63) is 69.6 Å². The van der Waals surface area contributed by atoms with Crippen LogP contribution in [-0.4, -0.2) is 16.3 Å². The minimum absolute atomic E-state index is 0.164. The van der Waals surface area contributed by atoms with Gasteiger partial charge in [-0.25, -0.2) is 4.68 Å². The van der Waals surface area contributed by atoms with Gasteiger partial charge in [0.2, 0.25) is 0 Å². The summed E-state index contributed by atoms with van der Waals surface area (Å²) in [5.41, 5.74) is 2.78. The molecule has 1 heterocycles. The van der Waals surface area contributed by atoms with E-state index < -0.39 is 0 Å². The van der Waals surface area contributed by atoms with Crippen molar-refractivity contribution >= 4 is 17.3 Å². The molecule has 0 unspecified atom stereocenters. The second-order valence-corrected chi connectivity index (χ2v) is 5.13. The first-order valence-corrected chi connectivity index (χ1v) is 7.16. The van der Waals surface area contributed by atoms with E-state index in [1.807, 2.05) is 12.1 Å². The van der Waals surface area contributed by atoms with E-state index in [9.17, 15) is 4.79 Å². The third-order valence-electron chi connectivity index (χ3n) is 3.26. The largest absolute Gasteiger partial charge is 0.382 e. The van der Waals surface area contributed by atoms with Gasteiger partial charge in [-0.3, -0.25) is 4.79 Å². The summed E-state index contributed by atoms with van der Waals surface area (Å²) in [6.07, 6.45) is 4.04. The average molecular weight is 304 g/mol. The Bertz CT molecular complexity index is 694. The van der Waals surface area contributed by atoms with E-state index in [1.54, 1.807) is 12.3 Å². The van der Waals surface area contributed by atoms with Gasteiger partial charge in [0.1, 0.15) is 5.02 Å². The maximum atomic E-state index is 11.9. The van der Waals surface area contributed by atoms with Gasteiger partial charge in [0.05, 0.1) is 18.4 Å². The monoisotopic (exact) mass is 303 g/mol. The van der Waals surface area contributed by atoms with Crippen molar-refractivity contribution in [1.29, 1.82) is 0 Å². The van der Waals surface area contributed by atoms with Gasteiger partial charge in [0.15, 0.2) is 0 Å². The Balaban J connectivity index is 2.04. The Morgan fingerprint density at radius 2 is 2.19 bits per heavy atom. The number of aryl methyl sites for hydroxylation is 1. The van der Waals surface area contributed by atoms with Crippen molar-refractivity contribution in [2.45, 2.75) is 19.9 Å². The zero-order valence-electron chi connectivity index (χ0n) is 12.0. The van der Waals surface area contributed by atoms with Crippen LogP contribution in [0.1, 0.15) is 11.1 Å². The van der Waals surface area contributed by atoms with E-state index in [0.29, 0.717) is 18.8 Å². The van der Waals surface area contributed by atoms with Crippen LogP contribution in [0.5, 0.6) is 0 Å². The number of halogens is 1. The first-order chi connectivity index (χ1) is 10.1. The number of allylic oxidation sites excluding steroid dienone is 1. The smallest absolute Gasteiger partial charge is 0.287 e. The SMILES string of the molecule is C=CCn1ncc(NCCc2ccccc2C)c(Cl)c1=O. The van der Waals surface area contributed by atoms with E-state index in [2.05, 4.69) is 36.1 Å². The van der Waals surface area contributed by atoms with Crippen LogP contribution in [0.4, 0.5) is 5.69 Å². The fourth-order valence-corrected chi connectivity index (χ4v) is 2.28. The Kier molecular flexibility index (Phi) is 5.17. The summed E-state index contributed by atoms with van der Waals surface area (Å²) in [5.74, 6) is 0. The average Bonchev–Trinajstić information content (AvgIpc) is 2.48. The highest BCUT2D eigenvalue weighted by molar-refractivity contribution is 6.32. The zero-order chi connectivity index (χ0) is 15.2. The molecule has 1 N–H and O–H groups in total. The molecule has 0 amide bonds. The predicted molar refractivity (Wildman–Crippen MR) is 87.1 cm³/mol. The molecule has 0 aliphatic carbocycles. The van der Waals surface area contributed by atoms with Crippen LogP contribution in [0.15, 0.2) is 47.9 Å². The summed E-state index contributed by atoms with van der Waals surface area (Å²) in [5, 5.41) is 7.39. The number of aromatic nitrogens is 2. The molecule has 0 atom stereocenters. The maximum Gasteiger partial charge on any atom is 0.287 e. The van der Waals surface area contributed by atoms with Crippen molar-refractivity contribution in [3.63, 3.8) is 0 Å². The molecule has 0 saturated carbocycles. The second kappa shape index (κ2) is 7.09.